The second-order valence-electron chi connectivity index (χ2n) is 12.5. The average Bonchev–Trinajstić information content (AvgIpc) is 3.51. The van der Waals surface area contributed by atoms with Gasteiger partial charge in [0.1, 0.15) is 28.8 Å². The van der Waals surface area contributed by atoms with Gasteiger partial charge in [-0.3, -0.25) is 14.4 Å². The lowest BCUT2D eigenvalue weighted by atomic mass is 9.97. The number of carbonyl (C=O) groups excluding carboxylic acids is 2. The first-order valence-electron chi connectivity index (χ1n) is 17.0. The first-order chi connectivity index (χ1) is 23.4. The van der Waals surface area contributed by atoms with Crippen molar-refractivity contribution in [3.63, 3.8) is 0 Å². The molecule has 10 nitrogen and oxygen atoms in total. The number of nitrogens with zero attached hydrogens (tertiary/aromatic N) is 3. The Morgan fingerprint density at radius 1 is 1.00 bits per heavy atom. The summed E-state index contributed by atoms with van der Waals surface area (Å²) >= 11 is 0. The van der Waals surface area contributed by atoms with E-state index in [9.17, 15) is 18.4 Å². The van der Waals surface area contributed by atoms with Crippen molar-refractivity contribution in [3.8, 4) is 11.5 Å². The van der Waals surface area contributed by atoms with Gasteiger partial charge in [0.25, 0.3) is 6.43 Å². The first kappa shape index (κ1) is 39.7. The lowest BCUT2D eigenvalue weighted by Gasteiger charge is -2.42. The number of rotatable bonds is 9. The van der Waals surface area contributed by atoms with E-state index in [2.05, 4.69) is 4.90 Å². The highest BCUT2D eigenvalue weighted by Crippen LogP contribution is 2.37. The minimum Gasteiger partial charge on any atom is -0.496 e. The molecule has 2 aliphatic rings. The van der Waals surface area contributed by atoms with E-state index < -0.39 is 24.1 Å². The molecule has 0 bridgehead atoms. The van der Waals surface area contributed by atoms with Crippen molar-refractivity contribution in [2.75, 3.05) is 53.6 Å². The number of methoxy groups -OCH3 is 2. The summed E-state index contributed by atoms with van der Waals surface area (Å²) in [5.41, 5.74) is 2.85. The predicted molar refractivity (Wildman–Crippen MR) is 186 cm³/mol. The maximum atomic E-state index is 13.5. The zero-order valence-electron chi connectivity index (χ0n) is 30.6. The van der Waals surface area contributed by atoms with Crippen LogP contribution in [0.4, 0.5) is 13.6 Å². The summed E-state index contributed by atoms with van der Waals surface area (Å²) in [5, 5.41) is 0.835. The van der Waals surface area contributed by atoms with Gasteiger partial charge < -0.3 is 23.7 Å². The number of benzene rings is 2. The molecule has 2 aromatic carbocycles. The standard InChI is InChI=1S/C33H41F2N3O7.2C2H6/c1-20-13-27(41-5)25(23-9-10-38(30(20)23)32(40)45-33(2,3)4)15-37-12-11-36(17-29(34)35)16-26(37)21-7-8-24(31(39)42-6)28(14-21)44-22-18-43-19-22;2*1-2/h7-10,13-14,22,26,29H,11-12,15-19H2,1-6H3;2*1-2H3. The van der Waals surface area contributed by atoms with Crippen LogP contribution in [0.1, 0.15) is 81.6 Å². The van der Waals surface area contributed by atoms with Crippen molar-refractivity contribution >= 4 is 23.0 Å². The highest BCUT2D eigenvalue weighted by atomic mass is 19.3. The summed E-state index contributed by atoms with van der Waals surface area (Å²) in [6, 6.07) is 8.74. The van der Waals surface area contributed by atoms with E-state index in [4.69, 9.17) is 23.7 Å². The number of aromatic nitrogens is 1. The molecule has 0 saturated carbocycles. The Morgan fingerprint density at radius 3 is 2.27 bits per heavy atom. The third kappa shape index (κ3) is 9.70. The third-order valence-corrected chi connectivity index (χ3v) is 8.07. The van der Waals surface area contributed by atoms with Crippen LogP contribution in [0.3, 0.4) is 0 Å². The van der Waals surface area contributed by atoms with Gasteiger partial charge in [0.2, 0.25) is 0 Å². The Morgan fingerprint density at radius 2 is 1.69 bits per heavy atom. The lowest BCUT2D eigenvalue weighted by Crippen LogP contribution is -2.49. The van der Waals surface area contributed by atoms with E-state index in [1.54, 1.807) is 30.3 Å². The highest BCUT2D eigenvalue weighted by molar-refractivity contribution is 5.95. The second kappa shape index (κ2) is 17.8. The van der Waals surface area contributed by atoms with Gasteiger partial charge in [-0.05, 0) is 63.1 Å². The fourth-order valence-corrected chi connectivity index (χ4v) is 5.90. The van der Waals surface area contributed by atoms with E-state index in [-0.39, 0.29) is 24.3 Å². The molecule has 49 heavy (non-hydrogen) atoms. The van der Waals surface area contributed by atoms with Crippen LogP contribution < -0.4 is 9.47 Å². The Hall–Kier alpha value is -3.74. The van der Waals surface area contributed by atoms with Crippen LogP contribution in [-0.4, -0.2) is 98.2 Å². The largest absolute Gasteiger partial charge is 0.496 e. The zero-order valence-corrected chi connectivity index (χ0v) is 30.6. The molecule has 0 radical (unpaired) electrons. The van der Waals surface area contributed by atoms with E-state index in [1.165, 1.54) is 11.7 Å². The molecule has 0 aliphatic carbocycles. The topological polar surface area (TPSA) is 91.7 Å². The van der Waals surface area contributed by atoms with Crippen molar-refractivity contribution in [1.29, 1.82) is 0 Å². The van der Waals surface area contributed by atoms with Crippen LogP contribution >= 0.6 is 0 Å². The number of ether oxygens (including phenoxy) is 5. The first-order valence-corrected chi connectivity index (χ1v) is 17.0. The molecule has 0 spiro atoms. The molecular formula is C37H53F2N3O7. The molecule has 1 aromatic heterocycles. The van der Waals surface area contributed by atoms with Crippen molar-refractivity contribution in [2.45, 2.75) is 86.1 Å². The SMILES string of the molecule is CC.CC.COC(=O)c1ccc(C2CN(CC(F)F)CCN2Cc2c(OC)cc(C)c3c2ccn3C(=O)OC(C)(C)C)cc1OC1COC1. The summed E-state index contributed by atoms with van der Waals surface area (Å²) in [5.74, 6) is 0.493. The number of piperazine rings is 1. The van der Waals surface area contributed by atoms with Crippen LogP contribution in [0.15, 0.2) is 36.5 Å². The summed E-state index contributed by atoms with van der Waals surface area (Å²) in [6.07, 6.45) is -1.45. The lowest BCUT2D eigenvalue weighted by molar-refractivity contribution is -0.0800. The number of halogens is 2. The molecule has 2 saturated heterocycles. The Kier molecular flexibility index (Phi) is 14.4. The van der Waals surface area contributed by atoms with Gasteiger partial charge in [-0.25, -0.2) is 18.4 Å². The van der Waals surface area contributed by atoms with Crippen molar-refractivity contribution in [2.24, 2.45) is 0 Å². The van der Waals surface area contributed by atoms with E-state index in [1.807, 2.05) is 73.6 Å². The van der Waals surface area contributed by atoms with Crippen LogP contribution in [0.25, 0.3) is 10.9 Å². The Bertz CT molecular complexity index is 1550. The van der Waals surface area contributed by atoms with Gasteiger partial charge in [0.15, 0.2) is 0 Å². The summed E-state index contributed by atoms with van der Waals surface area (Å²) in [6.45, 7) is 17.5. The van der Waals surface area contributed by atoms with Gasteiger partial charge >= 0.3 is 12.1 Å². The maximum absolute atomic E-state index is 13.5. The minimum absolute atomic E-state index is 0.194. The van der Waals surface area contributed by atoms with Crippen molar-refractivity contribution in [1.82, 2.24) is 14.4 Å². The van der Waals surface area contributed by atoms with E-state index >= 15 is 0 Å². The molecule has 0 N–H and O–H groups in total. The van der Waals surface area contributed by atoms with Crippen molar-refractivity contribution in [3.05, 3.63) is 58.8 Å². The minimum atomic E-state index is -2.47. The fraction of sp³-hybridized carbons (Fsp3) is 0.568. The molecule has 2 fully saturated rings. The number of hydrogen-bond donors (Lipinski definition) is 0. The van der Waals surface area contributed by atoms with Crippen LogP contribution in [0, 0.1) is 6.92 Å². The molecule has 3 aromatic rings. The molecule has 12 heteroatoms. The number of aryl methyl sites for hydroxylation is 1. The normalized spacial score (nSPS) is 17.0. The molecule has 1 unspecified atom stereocenters. The van der Waals surface area contributed by atoms with E-state index in [0.717, 1.165) is 22.1 Å². The molecule has 3 heterocycles. The van der Waals surface area contributed by atoms with Gasteiger partial charge in [-0.1, -0.05) is 33.8 Å². The van der Waals surface area contributed by atoms with Gasteiger partial charge in [-0.2, -0.15) is 0 Å². The Balaban J connectivity index is 0.00000157. The highest BCUT2D eigenvalue weighted by Gasteiger charge is 2.33. The summed E-state index contributed by atoms with van der Waals surface area (Å²) in [4.78, 5) is 29.6. The van der Waals surface area contributed by atoms with Crippen LogP contribution in [0.5, 0.6) is 11.5 Å². The predicted octanol–water partition coefficient (Wildman–Crippen LogP) is 7.48. The smallest absolute Gasteiger partial charge is 0.419 e. The van der Waals surface area contributed by atoms with Gasteiger partial charge in [-0.15, -0.1) is 0 Å². The molecule has 272 valence electrons. The molecule has 1 atom stereocenters. The number of fused-ring (bicyclic) bond motifs is 1. The average molecular weight is 690 g/mol. The fourth-order valence-electron chi connectivity index (χ4n) is 5.90. The third-order valence-electron chi connectivity index (χ3n) is 8.07. The zero-order chi connectivity index (χ0) is 36.5. The van der Waals surface area contributed by atoms with Crippen LogP contribution in [-0.2, 0) is 20.8 Å². The van der Waals surface area contributed by atoms with Crippen molar-refractivity contribution < 1.29 is 42.1 Å². The number of carbonyl (C=O) groups is 2. The molecule has 5 rings (SSSR count). The van der Waals surface area contributed by atoms with Crippen LogP contribution in [0.2, 0.25) is 0 Å². The van der Waals surface area contributed by atoms with Gasteiger partial charge in [0, 0.05) is 49.4 Å². The summed E-state index contributed by atoms with van der Waals surface area (Å²) < 4.78 is 56.4. The maximum Gasteiger partial charge on any atom is 0.419 e. The molecule has 0 amide bonds. The number of alkyl halides is 2. The monoisotopic (exact) mass is 689 g/mol. The molecule has 2 aliphatic heterocycles. The summed E-state index contributed by atoms with van der Waals surface area (Å²) in [7, 11) is 2.91. The van der Waals surface area contributed by atoms with Gasteiger partial charge in [0.05, 0.1) is 39.5 Å². The Labute approximate surface area is 289 Å². The number of esters is 1. The number of hydrogen-bond acceptors (Lipinski definition) is 9. The van der Waals surface area contributed by atoms with E-state index in [0.29, 0.717) is 56.4 Å². The molecular weight excluding hydrogens is 636 g/mol. The second-order valence-corrected chi connectivity index (χ2v) is 12.5. The quantitative estimate of drug-likeness (QED) is 0.212.